The van der Waals surface area contributed by atoms with Gasteiger partial charge in [0, 0.05) is 28.7 Å². The molecule has 1 aromatic carbocycles. The lowest BCUT2D eigenvalue weighted by Crippen LogP contribution is -2.30. The Kier molecular flexibility index (Phi) is 4.93. The lowest BCUT2D eigenvalue weighted by Gasteiger charge is -2.20. The van der Waals surface area contributed by atoms with E-state index < -0.39 is 5.97 Å². The summed E-state index contributed by atoms with van der Waals surface area (Å²) in [6, 6.07) is 7.62. The van der Waals surface area contributed by atoms with Gasteiger partial charge in [0.05, 0.1) is 12.1 Å². The van der Waals surface area contributed by atoms with Crippen LogP contribution in [0.5, 0.6) is 0 Å². The second-order valence-corrected chi connectivity index (χ2v) is 5.11. The fourth-order valence-electron chi connectivity index (χ4n) is 2.28. The van der Waals surface area contributed by atoms with Crippen molar-refractivity contribution in [3.05, 3.63) is 41.0 Å². The van der Waals surface area contributed by atoms with Crippen molar-refractivity contribution >= 4 is 28.5 Å². The third kappa shape index (κ3) is 3.46. The summed E-state index contributed by atoms with van der Waals surface area (Å²) in [6.45, 7) is 3.24. The van der Waals surface area contributed by atoms with E-state index in [2.05, 4.69) is 4.98 Å². The van der Waals surface area contributed by atoms with E-state index in [0.29, 0.717) is 18.1 Å². The van der Waals surface area contributed by atoms with Crippen LogP contribution in [0.25, 0.3) is 10.9 Å². The SMILES string of the molecule is CCCN(CC(=O)O)Cc1c(Cl)ccc2cccnc12. The second-order valence-electron chi connectivity index (χ2n) is 4.71. The topological polar surface area (TPSA) is 53.4 Å². The smallest absolute Gasteiger partial charge is 0.317 e. The maximum absolute atomic E-state index is 10.9. The van der Waals surface area contributed by atoms with Crippen molar-refractivity contribution in [3.63, 3.8) is 0 Å². The van der Waals surface area contributed by atoms with Crippen molar-refractivity contribution in [2.75, 3.05) is 13.1 Å². The lowest BCUT2D eigenvalue weighted by molar-refractivity contribution is -0.138. The standard InChI is InChI=1S/C15H17ClN2O2/c1-2-8-18(10-14(19)20)9-12-13(16)6-5-11-4-3-7-17-15(11)12/h3-7H,2,8-10H2,1H3,(H,19,20). The molecular weight excluding hydrogens is 276 g/mol. The molecule has 4 nitrogen and oxygen atoms in total. The fourth-order valence-corrected chi connectivity index (χ4v) is 2.49. The largest absolute Gasteiger partial charge is 0.480 e. The summed E-state index contributed by atoms with van der Waals surface area (Å²) in [4.78, 5) is 17.2. The minimum atomic E-state index is -0.831. The van der Waals surface area contributed by atoms with Crippen molar-refractivity contribution in [2.45, 2.75) is 19.9 Å². The first-order valence-corrected chi connectivity index (χ1v) is 6.96. The van der Waals surface area contributed by atoms with E-state index in [-0.39, 0.29) is 6.54 Å². The number of pyridine rings is 1. The molecule has 0 fully saturated rings. The molecule has 0 radical (unpaired) electrons. The number of aromatic nitrogens is 1. The van der Waals surface area contributed by atoms with E-state index in [9.17, 15) is 4.79 Å². The van der Waals surface area contributed by atoms with Crippen LogP contribution in [0.15, 0.2) is 30.5 Å². The zero-order valence-corrected chi connectivity index (χ0v) is 12.1. The molecule has 5 heteroatoms. The van der Waals surface area contributed by atoms with E-state index in [1.165, 1.54) is 0 Å². The number of aliphatic carboxylic acids is 1. The van der Waals surface area contributed by atoms with Crippen LogP contribution >= 0.6 is 11.6 Å². The number of hydrogen-bond donors (Lipinski definition) is 1. The number of halogens is 1. The number of nitrogens with zero attached hydrogens (tertiary/aromatic N) is 2. The van der Waals surface area contributed by atoms with Crippen molar-refractivity contribution in [1.82, 2.24) is 9.88 Å². The molecule has 2 aromatic rings. The molecule has 1 N–H and O–H groups in total. The molecule has 1 aromatic heterocycles. The average molecular weight is 293 g/mol. The highest BCUT2D eigenvalue weighted by atomic mass is 35.5. The molecule has 0 saturated heterocycles. The van der Waals surface area contributed by atoms with E-state index in [1.807, 2.05) is 36.1 Å². The molecule has 2 rings (SSSR count). The van der Waals surface area contributed by atoms with Gasteiger partial charge in [-0.05, 0) is 25.1 Å². The van der Waals surface area contributed by atoms with Gasteiger partial charge in [0.25, 0.3) is 0 Å². The monoisotopic (exact) mass is 292 g/mol. The fraction of sp³-hybridized carbons (Fsp3) is 0.333. The Morgan fingerprint density at radius 3 is 2.90 bits per heavy atom. The van der Waals surface area contributed by atoms with Crippen molar-refractivity contribution in [1.29, 1.82) is 0 Å². The maximum Gasteiger partial charge on any atom is 0.317 e. The van der Waals surface area contributed by atoms with Gasteiger partial charge in [-0.3, -0.25) is 14.7 Å². The highest BCUT2D eigenvalue weighted by Crippen LogP contribution is 2.25. The van der Waals surface area contributed by atoms with Crippen LogP contribution in [0.3, 0.4) is 0 Å². The van der Waals surface area contributed by atoms with Crippen LogP contribution < -0.4 is 0 Å². The van der Waals surface area contributed by atoms with Crippen LogP contribution in [0.4, 0.5) is 0 Å². The number of benzene rings is 1. The zero-order chi connectivity index (χ0) is 14.5. The van der Waals surface area contributed by atoms with Crippen molar-refractivity contribution in [3.8, 4) is 0 Å². The van der Waals surface area contributed by atoms with Gasteiger partial charge in [0.2, 0.25) is 0 Å². The minimum Gasteiger partial charge on any atom is -0.480 e. The van der Waals surface area contributed by atoms with E-state index in [4.69, 9.17) is 16.7 Å². The Morgan fingerprint density at radius 2 is 2.20 bits per heavy atom. The molecule has 0 spiro atoms. The Labute approximate surface area is 123 Å². The zero-order valence-electron chi connectivity index (χ0n) is 11.3. The molecule has 20 heavy (non-hydrogen) atoms. The quantitative estimate of drug-likeness (QED) is 0.888. The predicted molar refractivity (Wildman–Crippen MR) is 80.0 cm³/mol. The molecule has 1 heterocycles. The first-order chi connectivity index (χ1) is 9.61. The summed E-state index contributed by atoms with van der Waals surface area (Å²) in [5, 5.41) is 10.6. The van der Waals surface area contributed by atoms with Crippen LogP contribution in [-0.4, -0.2) is 34.0 Å². The first kappa shape index (κ1) is 14.8. The predicted octanol–water partition coefficient (Wildman–Crippen LogP) is 3.18. The third-order valence-corrected chi connectivity index (χ3v) is 3.46. The van der Waals surface area contributed by atoms with Crippen molar-refractivity contribution in [2.24, 2.45) is 0 Å². The van der Waals surface area contributed by atoms with Crippen molar-refractivity contribution < 1.29 is 9.90 Å². The molecule has 0 unspecified atom stereocenters. The Balaban J connectivity index is 2.35. The van der Waals surface area contributed by atoms with E-state index >= 15 is 0 Å². The molecule has 0 aliphatic carbocycles. The normalized spacial score (nSPS) is 11.2. The Hall–Kier alpha value is -1.65. The molecule has 0 aliphatic heterocycles. The van der Waals surface area contributed by atoms with Crippen LogP contribution in [-0.2, 0) is 11.3 Å². The van der Waals surface area contributed by atoms with Gasteiger partial charge in [-0.1, -0.05) is 30.7 Å². The summed E-state index contributed by atoms with van der Waals surface area (Å²) in [7, 11) is 0. The summed E-state index contributed by atoms with van der Waals surface area (Å²) >= 11 is 6.27. The molecule has 106 valence electrons. The highest BCUT2D eigenvalue weighted by molar-refractivity contribution is 6.32. The summed E-state index contributed by atoms with van der Waals surface area (Å²) < 4.78 is 0. The van der Waals surface area contributed by atoms with Gasteiger partial charge < -0.3 is 5.11 Å². The molecular formula is C15H17ClN2O2. The van der Waals surface area contributed by atoms with Gasteiger partial charge in [0.15, 0.2) is 0 Å². The molecule has 0 atom stereocenters. The molecule has 0 amide bonds. The van der Waals surface area contributed by atoms with Gasteiger partial charge in [-0.15, -0.1) is 0 Å². The number of carboxylic acid groups (broad SMARTS) is 1. The van der Waals surface area contributed by atoms with Gasteiger partial charge in [0.1, 0.15) is 0 Å². The van der Waals surface area contributed by atoms with Crippen LogP contribution in [0.1, 0.15) is 18.9 Å². The Morgan fingerprint density at radius 1 is 1.40 bits per heavy atom. The number of hydrogen-bond acceptors (Lipinski definition) is 3. The maximum atomic E-state index is 10.9. The van der Waals surface area contributed by atoms with Gasteiger partial charge >= 0.3 is 5.97 Å². The summed E-state index contributed by atoms with van der Waals surface area (Å²) in [5.74, 6) is -0.831. The summed E-state index contributed by atoms with van der Waals surface area (Å²) in [5.41, 5.74) is 1.73. The first-order valence-electron chi connectivity index (χ1n) is 6.58. The number of carbonyl (C=O) groups is 1. The summed E-state index contributed by atoms with van der Waals surface area (Å²) in [6.07, 6.45) is 2.62. The Bertz CT molecular complexity index is 616. The average Bonchev–Trinajstić information content (AvgIpc) is 2.41. The second kappa shape index (κ2) is 6.68. The molecule has 0 saturated carbocycles. The van der Waals surface area contributed by atoms with Gasteiger partial charge in [-0.25, -0.2) is 0 Å². The lowest BCUT2D eigenvalue weighted by atomic mass is 10.1. The molecule has 0 aliphatic rings. The highest BCUT2D eigenvalue weighted by Gasteiger charge is 2.14. The van der Waals surface area contributed by atoms with E-state index in [0.717, 1.165) is 22.9 Å². The van der Waals surface area contributed by atoms with Crippen LogP contribution in [0.2, 0.25) is 5.02 Å². The van der Waals surface area contributed by atoms with E-state index in [1.54, 1.807) is 6.20 Å². The van der Waals surface area contributed by atoms with Gasteiger partial charge in [-0.2, -0.15) is 0 Å². The number of rotatable bonds is 6. The van der Waals surface area contributed by atoms with Crippen LogP contribution in [0, 0.1) is 0 Å². The third-order valence-electron chi connectivity index (χ3n) is 3.10. The molecule has 0 bridgehead atoms. The minimum absolute atomic E-state index is 0.00733. The number of fused-ring (bicyclic) bond motifs is 1. The number of carboxylic acids is 1.